The standard InChI is InChI=1S/C32H24N4O5S/c1-2-34-20-29(32(33-34)24-15-17-25(18-16-24)36(38)39)27-9-6-10-30-28(27)19-31(23-13-11-22(21-37)12-14-23)35(30)42(40,41)26-7-4-3-5-8-26/h3-21H,2H2,1H3. The van der Waals surface area contributed by atoms with Crippen molar-refractivity contribution < 1.29 is 18.1 Å². The van der Waals surface area contributed by atoms with E-state index in [1.807, 2.05) is 25.3 Å². The lowest BCUT2D eigenvalue weighted by atomic mass is 9.98. The zero-order valence-electron chi connectivity index (χ0n) is 22.4. The van der Waals surface area contributed by atoms with Crippen LogP contribution in [0.2, 0.25) is 0 Å². The molecule has 0 aliphatic heterocycles. The van der Waals surface area contributed by atoms with Crippen molar-refractivity contribution in [2.24, 2.45) is 0 Å². The summed E-state index contributed by atoms with van der Waals surface area (Å²) in [6.45, 7) is 2.55. The zero-order valence-corrected chi connectivity index (χ0v) is 23.2. The minimum atomic E-state index is -4.03. The van der Waals surface area contributed by atoms with Gasteiger partial charge in [0, 0.05) is 47.0 Å². The molecule has 2 heterocycles. The molecule has 9 nitrogen and oxygen atoms in total. The average molecular weight is 577 g/mol. The fourth-order valence-corrected chi connectivity index (χ4v) is 6.61. The lowest BCUT2D eigenvalue weighted by Gasteiger charge is -2.13. The lowest BCUT2D eigenvalue weighted by Crippen LogP contribution is -2.14. The molecule has 0 amide bonds. The highest BCUT2D eigenvalue weighted by Gasteiger charge is 2.26. The van der Waals surface area contributed by atoms with E-state index in [0.29, 0.717) is 45.5 Å². The number of nitrogens with zero attached hydrogens (tertiary/aromatic N) is 4. The van der Waals surface area contributed by atoms with Gasteiger partial charge < -0.3 is 0 Å². The van der Waals surface area contributed by atoms with Crippen molar-refractivity contribution in [3.8, 4) is 33.6 Å². The molecule has 0 atom stereocenters. The number of carbonyl (C=O) groups is 1. The van der Waals surface area contributed by atoms with Crippen LogP contribution in [0.4, 0.5) is 5.69 Å². The second-order valence-corrected chi connectivity index (χ2v) is 11.4. The predicted octanol–water partition coefficient (Wildman–Crippen LogP) is 6.82. The number of aldehydes is 1. The van der Waals surface area contributed by atoms with Gasteiger partial charge in [0.05, 0.1) is 21.0 Å². The number of rotatable bonds is 8. The third-order valence-corrected chi connectivity index (χ3v) is 8.90. The molecule has 0 N–H and O–H groups in total. The first kappa shape index (κ1) is 26.9. The van der Waals surface area contributed by atoms with Gasteiger partial charge in [-0.25, -0.2) is 12.4 Å². The molecule has 2 aromatic heterocycles. The smallest absolute Gasteiger partial charge is 0.269 e. The monoisotopic (exact) mass is 576 g/mol. The average Bonchev–Trinajstić information content (AvgIpc) is 3.64. The molecular formula is C32H24N4O5S. The second kappa shape index (κ2) is 10.6. The number of non-ortho nitro benzene ring substituents is 1. The van der Waals surface area contributed by atoms with Crippen molar-refractivity contribution in [1.29, 1.82) is 0 Å². The van der Waals surface area contributed by atoms with Gasteiger partial charge in [0.15, 0.2) is 0 Å². The molecule has 4 aromatic carbocycles. The molecule has 42 heavy (non-hydrogen) atoms. The Morgan fingerprint density at radius 3 is 2.19 bits per heavy atom. The Hall–Kier alpha value is -5.35. The minimum absolute atomic E-state index is 0.0224. The van der Waals surface area contributed by atoms with Crippen molar-refractivity contribution in [2.45, 2.75) is 18.4 Å². The fourth-order valence-electron chi connectivity index (χ4n) is 5.07. The molecule has 0 saturated heterocycles. The van der Waals surface area contributed by atoms with Crippen molar-refractivity contribution >= 4 is 32.9 Å². The first-order valence-corrected chi connectivity index (χ1v) is 14.6. The molecule has 0 radical (unpaired) electrons. The van der Waals surface area contributed by atoms with Gasteiger partial charge in [0.2, 0.25) is 0 Å². The van der Waals surface area contributed by atoms with Crippen LogP contribution in [0.5, 0.6) is 0 Å². The van der Waals surface area contributed by atoms with E-state index < -0.39 is 14.9 Å². The molecule has 0 aliphatic carbocycles. The second-order valence-electron chi connectivity index (χ2n) is 9.64. The summed E-state index contributed by atoms with van der Waals surface area (Å²) in [6.07, 6.45) is 2.64. The van der Waals surface area contributed by atoms with Crippen LogP contribution >= 0.6 is 0 Å². The third kappa shape index (κ3) is 4.57. The Balaban J connectivity index is 1.63. The van der Waals surface area contributed by atoms with Crippen LogP contribution in [0.1, 0.15) is 17.3 Å². The van der Waals surface area contributed by atoms with Crippen molar-refractivity contribution in [2.75, 3.05) is 0 Å². The zero-order chi connectivity index (χ0) is 29.4. The number of nitro groups is 1. The van der Waals surface area contributed by atoms with Gasteiger partial charge in [-0.2, -0.15) is 5.10 Å². The summed E-state index contributed by atoms with van der Waals surface area (Å²) in [6, 6.07) is 28.5. The van der Waals surface area contributed by atoms with Crippen LogP contribution in [0.15, 0.2) is 114 Å². The van der Waals surface area contributed by atoms with Crippen molar-refractivity contribution in [1.82, 2.24) is 13.8 Å². The van der Waals surface area contributed by atoms with Gasteiger partial charge in [-0.3, -0.25) is 19.6 Å². The van der Waals surface area contributed by atoms with E-state index in [-0.39, 0.29) is 10.6 Å². The maximum absolute atomic E-state index is 14.1. The quantitative estimate of drug-likeness (QED) is 0.112. The largest absolute Gasteiger partial charge is 0.298 e. The highest BCUT2D eigenvalue weighted by atomic mass is 32.2. The number of fused-ring (bicyclic) bond motifs is 1. The summed E-state index contributed by atoms with van der Waals surface area (Å²) in [5.74, 6) is 0. The van der Waals surface area contributed by atoms with Crippen LogP contribution in [-0.4, -0.2) is 33.4 Å². The first-order chi connectivity index (χ1) is 20.3. The van der Waals surface area contributed by atoms with Crippen LogP contribution in [0.25, 0.3) is 44.5 Å². The number of aromatic nitrogens is 3. The molecule has 0 aliphatic rings. The highest BCUT2D eigenvalue weighted by molar-refractivity contribution is 7.90. The van der Waals surface area contributed by atoms with Crippen LogP contribution in [0.3, 0.4) is 0 Å². The predicted molar refractivity (Wildman–Crippen MR) is 161 cm³/mol. The van der Waals surface area contributed by atoms with Gasteiger partial charge in [-0.05, 0) is 54.4 Å². The Bertz CT molecular complexity index is 2060. The summed E-state index contributed by atoms with van der Waals surface area (Å²) >= 11 is 0. The molecule has 0 spiro atoms. The SMILES string of the molecule is CCn1cc(-c2cccc3c2cc(-c2ccc(C=O)cc2)n3S(=O)(=O)c2ccccc2)c(-c2ccc([N+](=O)[O-])cc2)n1. The van der Waals surface area contributed by atoms with Crippen LogP contribution in [-0.2, 0) is 16.6 Å². The summed E-state index contributed by atoms with van der Waals surface area (Å²) in [5.41, 5.74) is 4.83. The normalized spacial score (nSPS) is 11.5. The maximum Gasteiger partial charge on any atom is 0.269 e. The van der Waals surface area contributed by atoms with E-state index in [1.165, 1.54) is 16.1 Å². The summed E-state index contributed by atoms with van der Waals surface area (Å²) in [7, 11) is -4.03. The van der Waals surface area contributed by atoms with Gasteiger partial charge in [0.1, 0.15) is 12.0 Å². The number of nitro benzene ring substituents is 1. The fraction of sp³-hybridized carbons (Fsp3) is 0.0625. The number of hydrogen-bond donors (Lipinski definition) is 0. The number of benzene rings is 4. The van der Waals surface area contributed by atoms with E-state index in [0.717, 1.165) is 17.4 Å². The maximum atomic E-state index is 14.1. The molecular weight excluding hydrogens is 552 g/mol. The van der Waals surface area contributed by atoms with Gasteiger partial charge in [-0.15, -0.1) is 0 Å². The number of aryl methyl sites for hydroxylation is 1. The van der Waals surface area contributed by atoms with Gasteiger partial charge in [0.25, 0.3) is 15.7 Å². The molecule has 6 rings (SSSR count). The van der Waals surface area contributed by atoms with E-state index in [2.05, 4.69) is 0 Å². The van der Waals surface area contributed by atoms with Crippen LogP contribution < -0.4 is 0 Å². The molecule has 0 bridgehead atoms. The Morgan fingerprint density at radius 2 is 1.55 bits per heavy atom. The third-order valence-electron chi connectivity index (χ3n) is 7.15. The summed E-state index contributed by atoms with van der Waals surface area (Å²) < 4.78 is 31.4. The van der Waals surface area contributed by atoms with E-state index in [1.54, 1.807) is 83.5 Å². The van der Waals surface area contributed by atoms with Crippen LogP contribution in [0, 0.1) is 10.1 Å². The van der Waals surface area contributed by atoms with E-state index in [4.69, 9.17) is 5.10 Å². The first-order valence-electron chi connectivity index (χ1n) is 13.1. The Morgan fingerprint density at radius 1 is 0.857 bits per heavy atom. The number of hydrogen-bond acceptors (Lipinski definition) is 6. The molecule has 208 valence electrons. The van der Waals surface area contributed by atoms with Crippen molar-refractivity contribution in [3.05, 3.63) is 125 Å². The van der Waals surface area contributed by atoms with Gasteiger partial charge in [-0.1, -0.05) is 54.6 Å². The lowest BCUT2D eigenvalue weighted by molar-refractivity contribution is -0.384. The van der Waals surface area contributed by atoms with Crippen molar-refractivity contribution in [3.63, 3.8) is 0 Å². The van der Waals surface area contributed by atoms with E-state index in [9.17, 15) is 23.3 Å². The molecule has 0 saturated carbocycles. The van der Waals surface area contributed by atoms with E-state index >= 15 is 0 Å². The molecule has 6 aromatic rings. The molecule has 10 heteroatoms. The number of carbonyl (C=O) groups excluding carboxylic acids is 1. The minimum Gasteiger partial charge on any atom is -0.298 e. The molecule has 0 unspecified atom stereocenters. The molecule has 0 fully saturated rings. The Labute approximate surface area is 241 Å². The Kier molecular flexibility index (Phi) is 6.75. The van der Waals surface area contributed by atoms with Gasteiger partial charge >= 0.3 is 0 Å². The highest BCUT2D eigenvalue weighted by Crippen LogP contribution is 2.40. The summed E-state index contributed by atoms with van der Waals surface area (Å²) in [4.78, 5) is 22.2. The topological polar surface area (TPSA) is 117 Å². The summed E-state index contributed by atoms with van der Waals surface area (Å²) in [5, 5.41) is 16.7.